The maximum Gasteiger partial charge on any atom is 0.326 e. The Kier molecular flexibility index (Phi) is 6.74. The number of imide groups is 1. The summed E-state index contributed by atoms with van der Waals surface area (Å²) >= 11 is 0. The van der Waals surface area contributed by atoms with Crippen molar-refractivity contribution in [1.82, 2.24) is 4.90 Å². The van der Waals surface area contributed by atoms with Crippen molar-refractivity contribution in [2.24, 2.45) is 11.8 Å². The number of hydrogen-bond donors (Lipinski definition) is 1. The standard InChI is InChI=1S/C23H29N3O6/c1-15(21(28)24-16-6-8-17(9-7-16)25-10-12-31-13-11-25)32-20(27)14-26-22(29)18-4-2-3-5-19(18)23(26)30/h6-9,15,18-19H,2-5,10-14H2,1H3,(H,24,28)/t15-,18-,19-/m0/s1. The van der Waals surface area contributed by atoms with Crippen LogP contribution >= 0.6 is 0 Å². The number of amides is 3. The van der Waals surface area contributed by atoms with Crippen LogP contribution < -0.4 is 10.2 Å². The van der Waals surface area contributed by atoms with Crippen LogP contribution in [-0.2, 0) is 28.7 Å². The van der Waals surface area contributed by atoms with Crippen molar-refractivity contribution < 1.29 is 28.7 Å². The summed E-state index contributed by atoms with van der Waals surface area (Å²) < 4.78 is 10.5. The summed E-state index contributed by atoms with van der Waals surface area (Å²) in [7, 11) is 0. The molecule has 0 bridgehead atoms. The van der Waals surface area contributed by atoms with E-state index in [0.29, 0.717) is 31.7 Å². The highest BCUT2D eigenvalue weighted by molar-refractivity contribution is 6.07. The number of fused-ring (bicyclic) bond motifs is 1. The van der Waals surface area contributed by atoms with E-state index in [1.165, 1.54) is 6.92 Å². The van der Waals surface area contributed by atoms with Crippen LogP contribution in [0.5, 0.6) is 0 Å². The number of ether oxygens (including phenoxy) is 2. The zero-order valence-electron chi connectivity index (χ0n) is 18.2. The van der Waals surface area contributed by atoms with Gasteiger partial charge in [-0.05, 0) is 44.0 Å². The molecule has 4 rings (SSSR count). The predicted molar refractivity (Wildman–Crippen MR) is 116 cm³/mol. The van der Waals surface area contributed by atoms with E-state index in [1.54, 1.807) is 12.1 Å². The maximum absolute atomic E-state index is 12.5. The molecule has 0 aromatic heterocycles. The fourth-order valence-electron chi connectivity index (χ4n) is 4.62. The first-order valence-corrected chi connectivity index (χ1v) is 11.2. The van der Waals surface area contributed by atoms with Gasteiger partial charge in [-0.2, -0.15) is 0 Å². The van der Waals surface area contributed by atoms with E-state index < -0.39 is 24.5 Å². The molecule has 1 aliphatic carbocycles. The van der Waals surface area contributed by atoms with Gasteiger partial charge in [0.2, 0.25) is 11.8 Å². The SMILES string of the molecule is C[C@H](OC(=O)CN1C(=O)[C@H]2CCCC[C@@H]2C1=O)C(=O)Nc1ccc(N2CCOCC2)cc1. The minimum atomic E-state index is -1.06. The number of hydrogen-bond acceptors (Lipinski definition) is 7. The van der Waals surface area contributed by atoms with Gasteiger partial charge in [0.05, 0.1) is 25.0 Å². The number of likely N-dealkylation sites (tertiary alicyclic amines) is 1. The summed E-state index contributed by atoms with van der Waals surface area (Å²) in [4.78, 5) is 53.0. The fourth-order valence-corrected chi connectivity index (χ4v) is 4.62. The van der Waals surface area contributed by atoms with Crippen LogP contribution in [0.2, 0.25) is 0 Å². The molecule has 1 aromatic carbocycles. The number of nitrogens with one attached hydrogen (secondary N) is 1. The van der Waals surface area contributed by atoms with Crippen molar-refractivity contribution in [3.05, 3.63) is 24.3 Å². The third kappa shape index (κ3) is 4.77. The zero-order chi connectivity index (χ0) is 22.7. The predicted octanol–water partition coefficient (Wildman–Crippen LogP) is 1.57. The summed E-state index contributed by atoms with van der Waals surface area (Å²) in [6, 6.07) is 7.42. The summed E-state index contributed by atoms with van der Waals surface area (Å²) in [5, 5.41) is 2.72. The minimum absolute atomic E-state index is 0.297. The molecular formula is C23H29N3O6. The van der Waals surface area contributed by atoms with E-state index in [9.17, 15) is 19.2 Å². The second kappa shape index (κ2) is 9.68. The van der Waals surface area contributed by atoms with Crippen LogP contribution in [0.15, 0.2) is 24.3 Å². The summed E-state index contributed by atoms with van der Waals surface area (Å²) in [5.74, 6) is -2.47. The van der Waals surface area contributed by atoms with E-state index in [1.807, 2.05) is 12.1 Å². The number of rotatable bonds is 6. The Morgan fingerprint density at radius 3 is 2.25 bits per heavy atom. The van der Waals surface area contributed by atoms with E-state index in [4.69, 9.17) is 9.47 Å². The Bertz CT molecular complexity index is 856. The molecule has 2 saturated heterocycles. The first kappa shape index (κ1) is 22.3. The molecule has 1 N–H and O–H groups in total. The summed E-state index contributed by atoms with van der Waals surface area (Å²) in [6.45, 7) is 4.04. The van der Waals surface area contributed by atoms with Gasteiger partial charge in [-0.1, -0.05) is 12.8 Å². The normalized spacial score (nSPS) is 24.2. The molecule has 2 aliphatic heterocycles. The highest BCUT2D eigenvalue weighted by Gasteiger charge is 2.48. The van der Waals surface area contributed by atoms with E-state index >= 15 is 0 Å². The molecule has 9 nitrogen and oxygen atoms in total. The summed E-state index contributed by atoms with van der Waals surface area (Å²) in [5.41, 5.74) is 1.63. The third-order valence-corrected chi connectivity index (χ3v) is 6.41. The van der Waals surface area contributed by atoms with Crippen molar-refractivity contribution in [3.63, 3.8) is 0 Å². The second-order valence-corrected chi connectivity index (χ2v) is 8.53. The highest BCUT2D eigenvalue weighted by Crippen LogP contribution is 2.37. The lowest BCUT2D eigenvalue weighted by molar-refractivity contribution is -0.158. The first-order chi connectivity index (χ1) is 15.4. The van der Waals surface area contributed by atoms with Gasteiger partial charge in [0.25, 0.3) is 5.91 Å². The van der Waals surface area contributed by atoms with Gasteiger partial charge < -0.3 is 19.7 Å². The molecule has 1 aromatic rings. The smallest absolute Gasteiger partial charge is 0.326 e. The maximum atomic E-state index is 12.5. The van der Waals surface area contributed by atoms with E-state index in [-0.39, 0.29) is 23.7 Å². The Labute approximate surface area is 187 Å². The quantitative estimate of drug-likeness (QED) is 0.526. The van der Waals surface area contributed by atoms with Crippen LogP contribution in [-0.4, -0.2) is 67.5 Å². The van der Waals surface area contributed by atoms with Crippen molar-refractivity contribution >= 4 is 35.1 Å². The molecule has 1 saturated carbocycles. The average molecular weight is 444 g/mol. The first-order valence-electron chi connectivity index (χ1n) is 11.2. The molecule has 32 heavy (non-hydrogen) atoms. The summed E-state index contributed by atoms with van der Waals surface area (Å²) in [6.07, 6.45) is 2.15. The Balaban J connectivity index is 1.27. The molecule has 0 radical (unpaired) electrons. The van der Waals surface area contributed by atoms with Crippen molar-refractivity contribution in [2.45, 2.75) is 38.7 Å². The molecule has 3 fully saturated rings. The van der Waals surface area contributed by atoms with Crippen LogP contribution in [0.1, 0.15) is 32.6 Å². The fraction of sp³-hybridized carbons (Fsp3) is 0.565. The third-order valence-electron chi connectivity index (χ3n) is 6.41. The van der Waals surface area contributed by atoms with Crippen molar-refractivity contribution in [3.8, 4) is 0 Å². The molecule has 3 aliphatic rings. The monoisotopic (exact) mass is 443 g/mol. The molecule has 9 heteroatoms. The van der Waals surface area contributed by atoms with Gasteiger partial charge >= 0.3 is 5.97 Å². The molecule has 3 amide bonds. The van der Waals surface area contributed by atoms with Gasteiger partial charge in [0.1, 0.15) is 6.54 Å². The topological polar surface area (TPSA) is 105 Å². The number of carbonyl (C=O) groups excluding carboxylic acids is 4. The molecule has 172 valence electrons. The lowest BCUT2D eigenvalue weighted by atomic mass is 9.81. The Morgan fingerprint density at radius 2 is 1.66 bits per heavy atom. The highest BCUT2D eigenvalue weighted by atomic mass is 16.5. The average Bonchev–Trinajstić information content (AvgIpc) is 3.05. The van der Waals surface area contributed by atoms with Gasteiger partial charge in [-0.15, -0.1) is 0 Å². The largest absolute Gasteiger partial charge is 0.451 e. The van der Waals surface area contributed by atoms with Gasteiger partial charge in [-0.3, -0.25) is 24.1 Å². The molecule has 0 unspecified atom stereocenters. The van der Waals surface area contributed by atoms with Crippen LogP contribution in [0.3, 0.4) is 0 Å². The molecule has 2 heterocycles. The number of benzene rings is 1. The lowest BCUT2D eigenvalue weighted by Gasteiger charge is -2.28. The number of anilines is 2. The molecule has 3 atom stereocenters. The van der Waals surface area contributed by atoms with Crippen molar-refractivity contribution in [2.75, 3.05) is 43.1 Å². The second-order valence-electron chi connectivity index (χ2n) is 8.53. The van der Waals surface area contributed by atoms with Crippen LogP contribution in [0.25, 0.3) is 0 Å². The number of morpholine rings is 1. The molecule has 0 spiro atoms. The number of carbonyl (C=O) groups is 4. The van der Waals surface area contributed by atoms with Gasteiger partial charge in [0.15, 0.2) is 6.10 Å². The van der Waals surface area contributed by atoms with E-state index in [2.05, 4.69) is 10.2 Å². The Hall–Kier alpha value is -2.94. The number of nitrogens with zero attached hydrogens (tertiary/aromatic N) is 2. The van der Waals surface area contributed by atoms with Gasteiger partial charge in [-0.25, -0.2) is 0 Å². The molecular weight excluding hydrogens is 414 g/mol. The van der Waals surface area contributed by atoms with E-state index in [0.717, 1.165) is 36.5 Å². The Morgan fingerprint density at radius 1 is 1.06 bits per heavy atom. The van der Waals surface area contributed by atoms with Gasteiger partial charge in [0, 0.05) is 24.5 Å². The van der Waals surface area contributed by atoms with Crippen LogP contribution in [0, 0.1) is 11.8 Å². The van der Waals surface area contributed by atoms with Crippen molar-refractivity contribution in [1.29, 1.82) is 0 Å². The number of esters is 1. The minimum Gasteiger partial charge on any atom is -0.451 e. The lowest BCUT2D eigenvalue weighted by Crippen LogP contribution is -2.39. The van der Waals surface area contributed by atoms with Crippen LogP contribution in [0.4, 0.5) is 11.4 Å². The zero-order valence-corrected chi connectivity index (χ0v) is 18.2.